The second-order valence-corrected chi connectivity index (χ2v) is 6.69. The van der Waals surface area contributed by atoms with Crippen LogP contribution < -0.4 is 5.32 Å². The molecule has 0 fully saturated rings. The molecule has 0 radical (unpaired) electrons. The van der Waals surface area contributed by atoms with E-state index in [-0.39, 0.29) is 0 Å². The van der Waals surface area contributed by atoms with E-state index < -0.39 is 11.7 Å². The zero-order valence-corrected chi connectivity index (χ0v) is 13.3. The minimum Gasteiger partial charge on any atom is -0.379 e. The fourth-order valence-electron chi connectivity index (χ4n) is 1.75. The number of halogens is 4. The maximum absolute atomic E-state index is 12.6. The van der Waals surface area contributed by atoms with Crippen LogP contribution in [0, 0.1) is 13.8 Å². The first kappa shape index (κ1) is 15.4. The van der Waals surface area contributed by atoms with Crippen molar-refractivity contribution in [3.8, 4) is 0 Å². The van der Waals surface area contributed by atoms with E-state index in [0.717, 1.165) is 17.0 Å². The molecule has 1 aromatic heterocycles. The highest BCUT2D eigenvalue weighted by atomic mass is 79.9. The number of rotatable bonds is 3. The Bertz CT molecular complexity index is 600. The van der Waals surface area contributed by atoms with E-state index in [9.17, 15) is 13.2 Å². The Morgan fingerprint density at radius 1 is 1.20 bits per heavy atom. The van der Waals surface area contributed by atoms with Gasteiger partial charge in [0.1, 0.15) is 0 Å². The van der Waals surface area contributed by atoms with Gasteiger partial charge in [-0.25, -0.2) is 0 Å². The summed E-state index contributed by atoms with van der Waals surface area (Å²) in [6.07, 6.45) is -4.32. The van der Waals surface area contributed by atoms with Gasteiger partial charge in [-0.2, -0.15) is 13.2 Å². The molecule has 2 rings (SSSR count). The van der Waals surface area contributed by atoms with Gasteiger partial charge in [-0.15, -0.1) is 11.3 Å². The Morgan fingerprint density at radius 2 is 1.90 bits per heavy atom. The van der Waals surface area contributed by atoms with E-state index in [4.69, 9.17) is 0 Å². The summed E-state index contributed by atoms with van der Waals surface area (Å²) >= 11 is 4.86. The van der Waals surface area contributed by atoms with E-state index in [2.05, 4.69) is 34.2 Å². The van der Waals surface area contributed by atoms with Crippen molar-refractivity contribution in [3.63, 3.8) is 0 Å². The second kappa shape index (κ2) is 5.77. The summed E-state index contributed by atoms with van der Waals surface area (Å²) in [5.74, 6) is 0. The molecule has 0 amide bonds. The van der Waals surface area contributed by atoms with Crippen molar-refractivity contribution >= 4 is 33.0 Å². The van der Waals surface area contributed by atoms with Gasteiger partial charge in [0.2, 0.25) is 0 Å². The second-order valence-electron chi connectivity index (χ2n) is 4.50. The van der Waals surface area contributed by atoms with Crippen LogP contribution in [0.5, 0.6) is 0 Å². The van der Waals surface area contributed by atoms with Gasteiger partial charge in [-0.05, 0) is 59.6 Å². The van der Waals surface area contributed by atoms with Crippen LogP contribution in [0.15, 0.2) is 28.7 Å². The molecule has 1 aromatic carbocycles. The van der Waals surface area contributed by atoms with Crippen molar-refractivity contribution in [3.05, 3.63) is 49.6 Å². The quantitative estimate of drug-likeness (QED) is 0.730. The van der Waals surface area contributed by atoms with Crippen LogP contribution in [0.25, 0.3) is 0 Å². The molecule has 0 aliphatic rings. The Kier molecular flexibility index (Phi) is 4.44. The number of benzene rings is 1. The third kappa shape index (κ3) is 3.55. The summed E-state index contributed by atoms with van der Waals surface area (Å²) < 4.78 is 38.1. The minimum atomic E-state index is -4.32. The Labute approximate surface area is 128 Å². The number of hydrogen-bond acceptors (Lipinski definition) is 2. The van der Waals surface area contributed by atoms with Crippen molar-refractivity contribution in [2.45, 2.75) is 26.6 Å². The molecular formula is C14H13BrF3NS. The highest BCUT2D eigenvalue weighted by Crippen LogP contribution is 2.34. The SMILES string of the molecule is Cc1cc(CNc2ccc(C(F)(F)F)cc2Br)sc1C. The van der Waals surface area contributed by atoms with Gasteiger partial charge >= 0.3 is 6.18 Å². The third-order valence-electron chi connectivity index (χ3n) is 2.97. The summed E-state index contributed by atoms with van der Waals surface area (Å²) in [4.78, 5) is 2.42. The van der Waals surface area contributed by atoms with Crippen LogP contribution >= 0.6 is 27.3 Å². The minimum absolute atomic E-state index is 0.414. The fraction of sp³-hybridized carbons (Fsp3) is 0.286. The van der Waals surface area contributed by atoms with E-state index in [0.29, 0.717) is 16.7 Å². The van der Waals surface area contributed by atoms with Crippen molar-refractivity contribution in [1.82, 2.24) is 0 Å². The predicted molar refractivity (Wildman–Crippen MR) is 80.3 cm³/mol. The lowest BCUT2D eigenvalue weighted by atomic mass is 10.2. The smallest absolute Gasteiger partial charge is 0.379 e. The summed E-state index contributed by atoms with van der Waals surface area (Å²) in [6, 6.07) is 5.70. The van der Waals surface area contributed by atoms with Gasteiger partial charge in [0.05, 0.1) is 5.56 Å². The monoisotopic (exact) mass is 363 g/mol. The van der Waals surface area contributed by atoms with Crippen molar-refractivity contribution in [2.75, 3.05) is 5.32 Å². The third-order valence-corrected chi connectivity index (χ3v) is 4.78. The molecule has 1 heterocycles. The molecule has 0 saturated carbocycles. The van der Waals surface area contributed by atoms with Gasteiger partial charge < -0.3 is 5.32 Å². The first-order chi connectivity index (χ1) is 9.27. The summed E-state index contributed by atoms with van der Waals surface area (Å²) in [7, 11) is 0. The number of hydrogen-bond donors (Lipinski definition) is 1. The van der Waals surface area contributed by atoms with E-state index in [1.165, 1.54) is 16.5 Å². The average Bonchev–Trinajstić information content (AvgIpc) is 2.66. The zero-order chi connectivity index (χ0) is 14.9. The van der Waals surface area contributed by atoms with Crippen LogP contribution in [0.3, 0.4) is 0 Å². The molecule has 0 aliphatic heterocycles. The average molecular weight is 364 g/mol. The fourth-order valence-corrected chi connectivity index (χ4v) is 3.27. The Morgan fingerprint density at radius 3 is 2.40 bits per heavy atom. The predicted octanol–water partition coefficient (Wildman–Crippen LogP) is 5.76. The lowest BCUT2D eigenvalue weighted by Crippen LogP contribution is -2.06. The molecule has 0 bridgehead atoms. The van der Waals surface area contributed by atoms with Gasteiger partial charge in [-0.3, -0.25) is 0 Å². The van der Waals surface area contributed by atoms with Gasteiger partial charge in [0.15, 0.2) is 0 Å². The summed E-state index contributed by atoms with van der Waals surface area (Å²) in [5, 5.41) is 3.14. The van der Waals surface area contributed by atoms with Crippen LogP contribution in [0.2, 0.25) is 0 Å². The number of nitrogens with one attached hydrogen (secondary N) is 1. The number of anilines is 1. The molecule has 2 aromatic rings. The van der Waals surface area contributed by atoms with Crippen LogP contribution in [0.4, 0.5) is 18.9 Å². The molecule has 6 heteroatoms. The lowest BCUT2D eigenvalue weighted by molar-refractivity contribution is -0.137. The number of alkyl halides is 3. The maximum atomic E-state index is 12.6. The van der Waals surface area contributed by atoms with Gasteiger partial charge in [0.25, 0.3) is 0 Å². The Balaban J connectivity index is 2.10. The van der Waals surface area contributed by atoms with Crippen LogP contribution in [-0.4, -0.2) is 0 Å². The van der Waals surface area contributed by atoms with Crippen molar-refractivity contribution in [2.24, 2.45) is 0 Å². The molecule has 1 nitrogen and oxygen atoms in total. The highest BCUT2D eigenvalue weighted by Gasteiger charge is 2.30. The highest BCUT2D eigenvalue weighted by molar-refractivity contribution is 9.10. The Hall–Kier alpha value is -1.01. The van der Waals surface area contributed by atoms with Crippen LogP contribution in [0.1, 0.15) is 20.9 Å². The lowest BCUT2D eigenvalue weighted by Gasteiger charge is -2.11. The molecule has 0 aliphatic carbocycles. The standard InChI is InChI=1S/C14H13BrF3NS/c1-8-5-11(20-9(8)2)7-19-13-4-3-10(6-12(13)15)14(16,17)18/h3-6,19H,7H2,1-2H3. The van der Waals surface area contributed by atoms with E-state index in [1.54, 1.807) is 11.3 Å². The van der Waals surface area contributed by atoms with Crippen molar-refractivity contribution < 1.29 is 13.2 Å². The molecule has 20 heavy (non-hydrogen) atoms. The van der Waals surface area contributed by atoms with Crippen LogP contribution in [-0.2, 0) is 12.7 Å². The molecule has 0 spiro atoms. The summed E-state index contributed by atoms with van der Waals surface area (Å²) in [5.41, 5.74) is 1.23. The van der Waals surface area contributed by atoms with Gasteiger partial charge in [0, 0.05) is 26.5 Å². The molecule has 0 unspecified atom stereocenters. The molecular weight excluding hydrogens is 351 g/mol. The first-order valence-corrected chi connectivity index (χ1v) is 7.55. The van der Waals surface area contributed by atoms with Gasteiger partial charge in [-0.1, -0.05) is 0 Å². The first-order valence-electron chi connectivity index (χ1n) is 5.94. The summed E-state index contributed by atoms with van der Waals surface area (Å²) in [6.45, 7) is 4.70. The van der Waals surface area contributed by atoms with Crippen molar-refractivity contribution in [1.29, 1.82) is 0 Å². The van der Waals surface area contributed by atoms with E-state index in [1.807, 2.05) is 6.92 Å². The zero-order valence-electron chi connectivity index (χ0n) is 10.9. The maximum Gasteiger partial charge on any atom is 0.416 e. The normalized spacial score (nSPS) is 11.7. The number of aryl methyl sites for hydroxylation is 2. The molecule has 0 atom stereocenters. The molecule has 1 N–H and O–H groups in total. The topological polar surface area (TPSA) is 12.0 Å². The molecule has 108 valence electrons. The van der Waals surface area contributed by atoms with E-state index >= 15 is 0 Å². The molecule has 0 saturated heterocycles. The largest absolute Gasteiger partial charge is 0.416 e. The number of thiophene rings is 1.